The maximum absolute atomic E-state index is 13.0. The minimum atomic E-state index is -0.340. The zero-order chi connectivity index (χ0) is 19.5. The Bertz CT molecular complexity index is 843. The normalized spacial score (nSPS) is 15.8. The van der Waals surface area contributed by atoms with Gasteiger partial charge in [0, 0.05) is 24.2 Å². The first-order valence-electron chi connectivity index (χ1n) is 9.66. The van der Waals surface area contributed by atoms with Gasteiger partial charge in [0.05, 0.1) is 0 Å². The van der Waals surface area contributed by atoms with Gasteiger partial charge in [-0.25, -0.2) is 4.39 Å². The van der Waals surface area contributed by atoms with Crippen LogP contribution in [-0.4, -0.2) is 35.4 Å². The number of nitrogens with one attached hydrogen (secondary N) is 1. The van der Waals surface area contributed by atoms with Crippen LogP contribution in [0.5, 0.6) is 5.75 Å². The molecule has 2 aliphatic rings. The van der Waals surface area contributed by atoms with Crippen LogP contribution in [0.25, 0.3) is 0 Å². The predicted octanol–water partition coefficient (Wildman–Crippen LogP) is 3.29. The van der Waals surface area contributed by atoms with Crippen LogP contribution >= 0.6 is 0 Å². The Morgan fingerprint density at radius 2 is 1.68 bits per heavy atom. The highest BCUT2D eigenvalue weighted by molar-refractivity contribution is 5.94. The van der Waals surface area contributed by atoms with Gasteiger partial charge in [-0.3, -0.25) is 9.59 Å². The molecule has 5 nitrogen and oxygen atoms in total. The topological polar surface area (TPSA) is 58.6 Å². The summed E-state index contributed by atoms with van der Waals surface area (Å²) in [7, 11) is 0. The molecule has 1 N–H and O–H groups in total. The Labute approximate surface area is 163 Å². The Kier molecular flexibility index (Phi) is 5.28. The molecule has 2 aliphatic carbocycles. The molecule has 4 rings (SSSR count). The second-order valence-corrected chi connectivity index (χ2v) is 7.44. The van der Waals surface area contributed by atoms with Crippen molar-refractivity contribution in [3.8, 4) is 5.75 Å². The third-order valence-electron chi connectivity index (χ3n) is 4.97. The van der Waals surface area contributed by atoms with E-state index in [-0.39, 0.29) is 30.3 Å². The lowest BCUT2D eigenvalue weighted by Crippen LogP contribution is -2.36. The molecule has 6 heteroatoms. The Morgan fingerprint density at radius 3 is 2.29 bits per heavy atom. The summed E-state index contributed by atoms with van der Waals surface area (Å²) in [5.41, 5.74) is 1.62. The minimum absolute atomic E-state index is 0.0446. The summed E-state index contributed by atoms with van der Waals surface area (Å²) in [4.78, 5) is 26.5. The first kappa shape index (κ1) is 18.5. The molecule has 0 radical (unpaired) electrons. The highest BCUT2D eigenvalue weighted by Gasteiger charge is 2.32. The maximum Gasteiger partial charge on any atom is 0.261 e. The SMILES string of the molecule is O=C(NC1CC1)c1ccc(CN(C(=O)COc2ccc(F)cc2)C2CC2)cc1. The van der Waals surface area contributed by atoms with Crippen LogP contribution in [0.3, 0.4) is 0 Å². The molecule has 2 aromatic carbocycles. The third-order valence-corrected chi connectivity index (χ3v) is 4.97. The highest BCUT2D eigenvalue weighted by Crippen LogP contribution is 2.29. The number of carbonyl (C=O) groups is 2. The summed E-state index contributed by atoms with van der Waals surface area (Å²) >= 11 is 0. The van der Waals surface area contributed by atoms with Crippen molar-refractivity contribution in [3.63, 3.8) is 0 Å². The molecule has 2 fully saturated rings. The van der Waals surface area contributed by atoms with Gasteiger partial charge in [0.25, 0.3) is 11.8 Å². The first-order valence-corrected chi connectivity index (χ1v) is 9.66. The Morgan fingerprint density at radius 1 is 1.00 bits per heavy atom. The molecule has 0 unspecified atom stereocenters. The number of rotatable bonds is 8. The third kappa shape index (κ3) is 4.88. The molecule has 146 valence electrons. The number of benzene rings is 2. The van der Waals surface area contributed by atoms with E-state index in [9.17, 15) is 14.0 Å². The molecule has 0 heterocycles. The molecule has 2 saturated carbocycles. The summed E-state index contributed by atoms with van der Waals surface area (Å²) in [6.07, 6.45) is 4.10. The lowest BCUT2D eigenvalue weighted by atomic mass is 10.1. The number of halogens is 1. The molecule has 0 spiro atoms. The standard InChI is InChI=1S/C22H23FN2O3/c23-17-5-11-20(12-6-17)28-14-21(26)25(19-9-10-19)13-15-1-3-16(4-2-15)22(27)24-18-7-8-18/h1-6,11-12,18-19H,7-10,13-14H2,(H,24,27). The van der Waals surface area contributed by atoms with Crippen LogP contribution in [0.4, 0.5) is 4.39 Å². The number of ether oxygens (including phenoxy) is 1. The number of carbonyl (C=O) groups excluding carboxylic acids is 2. The number of hydrogen-bond acceptors (Lipinski definition) is 3. The van der Waals surface area contributed by atoms with Gasteiger partial charge in [0.2, 0.25) is 0 Å². The highest BCUT2D eigenvalue weighted by atomic mass is 19.1. The van der Waals surface area contributed by atoms with Crippen molar-refractivity contribution >= 4 is 11.8 Å². The number of amides is 2. The molecular weight excluding hydrogens is 359 g/mol. The van der Waals surface area contributed by atoms with Crippen LogP contribution in [0.15, 0.2) is 48.5 Å². The van der Waals surface area contributed by atoms with E-state index in [4.69, 9.17) is 4.74 Å². The average molecular weight is 382 g/mol. The molecule has 0 aliphatic heterocycles. The van der Waals surface area contributed by atoms with E-state index < -0.39 is 0 Å². The van der Waals surface area contributed by atoms with Crippen molar-refractivity contribution in [1.29, 1.82) is 0 Å². The van der Waals surface area contributed by atoms with Gasteiger partial charge in [0.1, 0.15) is 11.6 Å². The van der Waals surface area contributed by atoms with Gasteiger partial charge in [-0.2, -0.15) is 0 Å². The maximum atomic E-state index is 13.0. The van der Waals surface area contributed by atoms with Crippen LogP contribution in [0.1, 0.15) is 41.6 Å². The van der Waals surface area contributed by atoms with E-state index in [1.807, 2.05) is 17.0 Å². The van der Waals surface area contributed by atoms with Gasteiger partial charge in [0.15, 0.2) is 6.61 Å². The molecule has 0 bridgehead atoms. The summed E-state index contributed by atoms with van der Waals surface area (Å²) < 4.78 is 18.5. The van der Waals surface area contributed by atoms with Crippen LogP contribution in [0.2, 0.25) is 0 Å². The van der Waals surface area contributed by atoms with E-state index in [0.717, 1.165) is 31.2 Å². The summed E-state index contributed by atoms with van der Waals surface area (Å²) in [6.45, 7) is 0.408. The Hall–Kier alpha value is -2.89. The van der Waals surface area contributed by atoms with Crippen molar-refractivity contribution in [3.05, 3.63) is 65.5 Å². The van der Waals surface area contributed by atoms with Crippen molar-refractivity contribution in [1.82, 2.24) is 10.2 Å². The van der Waals surface area contributed by atoms with E-state index in [1.54, 1.807) is 12.1 Å². The summed E-state index contributed by atoms with van der Waals surface area (Å²) in [5.74, 6) is -0.0108. The summed E-state index contributed by atoms with van der Waals surface area (Å²) in [6, 6.07) is 13.6. The van der Waals surface area contributed by atoms with Crippen LogP contribution < -0.4 is 10.1 Å². The van der Waals surface area contributed by atoms with Crippen molar-refractivity contribution in [2.75, 3.05) is 6.61 Å². The molecule has 0 aromatic heterocycles. The molecule has 0 saturated heterocycles. The first-order chi connectivity index (χ1) is 13.6. The largest absolute Gasteiger partial charge is 0.484 e. The lowest BCUT2D eigenvalue weighted by molar-refractivity contribution is -0.134. The second-order valence-electron chi connectivity index (χ2n) is 7.44. The van der Waals surface area contributed by atoms with E-state index >= 15 is 0 Å². The molecule has 28 heavy (non-hydrogen) atoms. The second kappa shape index (κ2) is 8.00. The van der Waals surface area contributed by atoms with Gasteiger partial charge in [-0.1, -0.05) is 12.1 Å². The predicted molar refractivity (Wildman–Crippen MR) is 102 cm³/mol. The monoisotopic (exact) mass is 382 g/mol. The zero-order valence-corrected chi connectivity index (χ0v) is 15.6. The smallest absolute Gasteiger partial charge is 0.261 e. The van der Waals surface area contributed by atoms with Crippen LogP contribution in [-0.2, 0) is 11.3 Å². The number of nitrogens with zero attached hydrogens (tertiary/aromatic N) is 1. The van der Waals surface area contributed by atoms with Gasteiger partial charge >= 0.3 is 0 Å². The fourth-order valence-corrected chi connectivity index (χ4v) is 3.02. The van der Waals surface area contributed by atoms with Crippen LogP contribution in [0, 0.1) is 5.82 Å². The van der Waals surface area contributed by atoms with E-state index in [1.165, 1.54) is 24.3 Å². The Balaban J connectivity index is 1.34. The lowest BCUT2D eigenvalue weighted by Gasteiger charge is -2.23. The van der Waals surface area contributed by atoms with E-state index in [0.29, 0.717) is 23.9 Å². The van der Waals surface area contributed by atoms with Crippen molar-refractivity contribution < 1.29 is 18.7 Å². The van der Waals surface area contributed by atoms with Crippen molar-refractivity contribution in [2.24, 2.45) is 0 Å². The fraction of sp³-hybridized carbons (Fsp3) is 0.364. The average Bonchev–Trinajstić information content (AvgIpc) is 3.60. The van der Waals surface area contributed by atoms with Crippen molar-refractivity contribution in [2.45, 2.75) is 44.3 Å². The molecular formula is C22H23FN2O3. The molecule has 2 amide bonds. The van der Waals surface area contributed by atoms with Gasteiger partial charge < -0.3 is 15.0 Å². The molecule has 2 aromatic rings. The quantitative estimate of drug-likeness (QED) is 0.762. The zero-order valence-electron chi connectivity index (χ0n) is 15.6. The fourth-order valence-electron chi connectivity index (χ4n) is 3.02. The molecule has 0 atom stereocenters. The number of hydrogen-bond donors (Lipinski definition) is 1. The van der Waals surface area contributed by atoms with Gasteiger partial charge in [-0.05, 0) is 67.6 Å². The van der Waals surface area contributed by atoms with Gasteiger partial charge in [-0.15, -0.1) is 0 Å². The summed E-state index contributed by atoms with van der Waals surface area (Å²) in [5, 5.41) is 2.97. The minimum Gasteiger partial charge on any atom is -0.484 e. The van der Waals surface area contributed by atoms with E-state index in [2.05, 4.69) is 5.32 Å².